The summed E-state index contributed by atoms with van der Waals surface area (Å²) in [6.07, 6.45) is 4.18. The highest BCUT2D eigenvalue weighted by atomic mass is 15.0. The second-order valence-corrected chi connectivity index (χ2v) is 4.13. The normalized spacial score (nSPS) is 20.1. The lowest BCUT2D eigenvalue weighted by Gasteiger charge is -2.23. The number of nitriles is 1. The van der Waals surface area contributed by atoms with E-state index in [9.17, 15) is 0 Å². The summed E-state index contributed by atoms with van der Waals surface area (Å²) in [5.41, 5.74) is 0.652. The molecule has 1 aromatic rings. The first-order chi connectivity index (χ1) is 7.88. The highest BCUT2D eigenvalue weighted by Crippen LogP contribution is 2.12. The first-order valence-electron chi connectivity index (χ1n) is 5.69. The molecule has 0 saturated carbocycles. The molecule has 2 heterocycles. The summed E-state index contributed by atoms with van der Waals surface area (Å²) in [6.45, 7) is 3.14. The van der Waals surface area contributed by atoms with E-state index in [2.05, 4.69) is 21.7 Å². The Bertz CT molecular complexity index is 377. The van der Waals surface area contributed by atoms with E-state index in [0.29, 0.717) is 11.5 Å². The van der Waals surface area contributed by atoms with Gasteiger partial charge in [0.25, 0.3) is 0 Å². The smallest absolute Gasteiger partial charge is 0.127 e. The predicted octanol–water partition coefficient (Wildman–Crippen LogP) is 1.36. The Hall–Kier alpha value is -1.60. The quantitative estimate of drug-likeness (QED) is 0.801. The van der Waals surface area contributed by atoms with Crippen LogP contribution < -0.4 is 10.6 Å². The summed E-state index contributed by atoms with van der Waals surface area (Å²) < 4.78 is 0. The Morgan fingerprint density at radius 3 is 3.31 bits per heavy atom. The van der Waals surface area contributed by atoms with Crippen LogP contribution in [0.2, 0.25) is 0 Å². The molecule has 4 heteroatoms. The third-order valence-corrected chi connectivity index (χ3v) is 2.86. The van der Waals surface area contributed by atoms with Crippen molar-refractivity contribution in [2.45, 2.75) is 12.8 Å². The molecule has 1 aliphatic rings. The van der Waals surface area contributed by atoms with Gasteiger partial charge in [-0.1, -0.05) is 0 Å². The number of rotatable bonds is 3. The molecule has 0 radical (unpaired) electrons. The Labute approximate surface area is 95.7 Å². The molecule has 0 aromatic carbocycles. The molecule has 1 fully saturated rings. The lowest BCUT2D eigenvalue weighted by molar-refractivity contribution is 0.392. The SMILES string of the molecule is N#Cc1ccnc(NCC2CCCNC2)c1. The Morgan fingerprint density at radius 1 is 1.62 bits per heavy atom. The Balaban J connectivity index is 1.86. The van der Waals surface area contributed by atoms with Crippen LogP contribution in [0.5, 0.6) is 0 Å². The van der Waals surface area contributed by atoms with E-state index >= 15 is 0 Å². The second-order valence-electron chi connectivity index (χ2n) is 4.13. The lowest BCUT2D eigenvalue weighted by atomic mass is 10.00. The minimum Gasteiger partial charge on any atom is -0.370 e. The number of nitrogens with zero attached hydrogens (tertiary/aromatic N) is 2. The number of anilines is 1. The van der Waals surface area contributed by atoms with Crippen LogP contribution in [0.1, 0.15) is 18.4 Å². The average molecular weight is 216 g/mol. The van der Waals surface area contributed by atoms with Crippen LogP contribution in [0.25, 0.3) is 0 Å². The van der Waals surface area contributed by atoms with Gasteiger partial charge in [0.2, 0.25) is 0 Å². The third kappa shape index (κ3) is 2.94. The van der Waals surface area contributed by atoms with Crippen LogP contribution >= 0.6 is 0 Å². The largest absolute Gasteiger partial charge is 0.370 e. The molecule has 0 aliphatic carbocycles. The zero-order chi connectivity index (χ0) is 11.2. The molecule has 0 bridgehead atoms. The molecule has 1 atom stereocenters. The molecule has 1 aromatic heterocycles. The summed E-state index contributed by atoms with van der Waals surface area (Å²) in [5.74, 6) is 1.46. The number of piperidine rings is 1. The number of nitrogens with one attached hydrogen (secondary N) is 2. The van der Waals surface area contributed by atoms with Crippen LogP contribution in [0, 0.1) is 17.2 Å². The van der Waals surface area contributed by atoms with E-state index in [1.165, 1.54) is 12.8 Å². The molecule has 16 heavy (non-hydrogen) atoms. The fourth-order valence-electron chi connectivity index (χ4n) is 1.94. The number of hydrogen-bond donors (Lipinski definition) is 2. The molecule has 4 nitrogen and oxygen atoms in total. The molecular weight excluding hydrogens is 200 g/mol. The average Bonchev–Trinajstić information content (AvgIpc) is 2.38. The van der Waals surface area contributed by atoms with Crippen molar-refractivity contribution < 1.29 is 0 Å². The summed E-state index contributed by atoms with van der Waals surface area (Å²) in [5, 5.41) is 15.4. The van der Waals surface area contributed by atoms with Crippen LogP contribution in [0.15, 0.2) is 18.3 Å². The van der Waals surface area contributed by atoms with Crippen molar-refractivity contribution in [3.05, 3.63) is 23.9 Å². The monoisotopic (exact) mass is 216 g/mol. The summed E-state index contributed by atoms with van der Waals surface area (Å²) in [6, 6.07) is 5.62. The maximum Gasteiger partial charge on any atom is 0.127 e. The fraction of sp³-hybridized carbons (Fsp3) is 0.500. The minimum atomic E-state index is 0.652. The molecule has 0 amide bonds. The minimum absolute atomic E-state index is 0.652. The van der Waals surface area contributed by atoms with Gasteiger partial charge in [0.05, 0.1) is 11.6 Å². The molecule has 84 valence electrons. The van der Waals surface area contributed by atoms with Crippen LogP contribution in [-0.2, 0) is 0 Å². The van der Waals surface area contributed by atoms with E-state index < -0.39 is 0 Å². The molecule has 2 N–H and O–H groups in total. The summed E-state index contributed by atoms with van der Waals surface area (Å²) >= 11 is 0. The Morgan fingerprint density at radius 2 is 2.56 bits per heavy atom. The van der Waals surface area contributed by atoms with E-state index in [0.717, 1.165) is 25.5 Å². The van der Waals surface area contributed by atoms with Crippen molar-refractivity contribution in [2.75, 3.05) is 25.0 Å². The van der Waals surface area contributed by atoms with Gasteiger partial charge in [-0.25, -0.2) is 4.98 Å². The van der Waals surface area contributed by atoms with Gasteiger partial charge in [-0.3, -0.25) is 0 Å². The molecule has 1 saturated heterocycles. The maximum absolute atomic E-state index is 8.76. The molecule has 0 spiro atoms. The topological polar surface area (TPSA) is 60.7 Å². The summed E-state index contributed by atoms with van der Waals surface area (Å²) in [4.78, 5) is 4.19. The van der Waals surface area contributed by atoms with E-state index in [1.807, 2.05) is 0 Å². The maximum atomic E-state index is 8.76. The number of aromatic nitrogens is 1. The fourth-order valence-corrected chi connectivity index (χ4v) is 1.94. The highest BCUT2D eigenvalue weighted by molar-refractivity contribution is 5.42. The molecular formula is C12H16N4. The van der Waals surface area contributed by atoms with Crippen molar-refractivity contribution in [2.24, 2.45) is 5.92 Å². The van der Waals surface area contributed by atoms with E-state index in [1.54, 1.807) is 18.3 Å². The standard InChI is InChI=1S/C12H16N4/c13-7-10-3-5-15-12(6-10)16-9-11-2-1-4-14-8-11/h3,5-6,11,14H,1-2,4,8-9H2,(H,15,16). The van der Waals surface area contributed by atoms with Crippen LogP contribution in [0.4, 0.5) is 5.82 Å². The molecule has 1 aliphatic heterocycles. The zero-order valence-corrected chi connectivity index (χ0v) is 9.24. The van der Waals surface area contributed by atoms with Gasteiger partial charge in [-0.15, -0.1) is 0 Å². The van der Waals surface area contributed by atoms with Gasteiger partial charge < -0.3 is 10.6 Å². The van der Waals surface area contributed by atoms with Crippen molar-refractivity contribution in [3.8, 4) is 6.07 Å². The number of pyridine rings is 1. The lowest BCUT2D eigenvalue weighted by Crippen LogP contribution is -2.33. The zero-order valence-electron chi connectivity index (χ0n) is 9.24. The van der Waals surface area contributed by atoms with Crippen molar-refractivity contribution in [1.82, 2.24) is 10.3 Å². The van der Waals surface area contributed by atoms with Gasteiger partial charge in [0.15, 0.2) is 0 Å². The predicted molar refractivity (Wildman–Crippen MR) is 63.0 cm³/mol. The van der Waals surface area contributed by atoms with Gasteiger partial charge in [0, 0.05) is 12.7 Å². The Kier molecular flexibility index (Phi) is 3.73. The van der Waals surface area contributed by atoms with E-state index in [4.69, 9.17) is 5.26 Å². The third-order valence-electron chi connectivity index (χ3n) is 2.86. The molecule has 1 unspecified atom stereocenters. The highest BCUT2D eigenvalue weighted by Gasteiger charge is 2.12. The van der Waals surface area contributed by atoms with Gasteiger partial charge >= 0.3 is 0 Å². The number of hydrogen-bond acceptors (Lipinski definition) is 4. The summed E-state index contributed by atoms with van der Waals surface area (Å²) in [7, 11) is 0. The van der Waals surface area contributed by atoms with Crippen LogP contribution in [-0.4, -0.2) is 24.6 Å². The van der Waals surface area contributed by atoms with Crippen LogP contribution in [0.3, 0.4) is 0 Å². The van der Waals surface area contributed by atoms with Crippen molar-refractivity contribution in [3.63, 3.8) is 0 Å². The first kappa shape index (κ1) is 10.9. The van der Waals surface area contributed by atoms with E-state index in [-0.39, 0.29) is 0 Å². The van der Waals surface area contributed by atoms with Gasteiger partial charge in [-0.2, -0.15) is 5.26 Å². The first-order valence-corrected chi connectivity index (χ1v) is 5.69. The van der Waals surface area contributed by atoms with Crippen molar-refractivity contribution in [1.29, 1.82) is 5.26 Å². The van der Waals surface area contributed by atoms with Gasteiger partial charge in [0.1, 0.15) is 5.82 Å². The molecule has 2 rings (SSSR count). The van der Waals surface area contributed by atoms with Crippen molar-refractivity contribution >= 4 is 5.82 Å². The second kappa shape index (κ2) is 5.47. The van der Waals surface area contributed by atoms with Gasteiger partial charge in [-0.05, 0) is 44.0 Å².